The molecule has 0 aliphatic carbocycles. The molecule has 33 heavy (non-hydrogen) atoms. The number of halogens is 1. The summed E-state index contributed by atoms with van der Waals surface area (Å²) in [5.41, 5.74) is 7.19. The van der Waals surface area contributed by atoms with E-state index in [0.717, 1.165) is 51.5 Å². The summed E-state index contributed by atoms with van der Waals surface area (Å²) in [5.74, 6) is 1.02. The van der Waals surface area contributed by atoms with Gasteiger partial charge in [0, 0.05) is 30.9 Å². The predicted octanol–water partition coefficient (Wildman–Crippen LogP) is 5.23. The van der Waals surface area contributed by atoms with Crippen molar-refractivity contribution >= 4 is 33.6 Å². The number of morpholine rings is 1. The van der Waals surface area contributed by atoms with Crippen LogP contribution in [0, 0.1) is 13.8 Å². The lowest BCUT2D eigenvalue weighted by Crippen LogP contribution is -2.37. The van der Waals surface area contributed by atoms with Crippen molar-refractivity contribution in [2.75, 3.05) is 31.2 Å². The molecule has 6 nitrogen and oxygen atoms in total. The lowest BCUT2D eigenvalue weighted by Gasteiger charge is -2.29. The first kappa shape index (κ1) is 21.8. The molecule has 0 amide bonds. The molecule has 0 atom stereocenters. The molecule has 5 rings (SSSR count). The summed E-state index contributed by atoms with van der Waals surface area (Å²) in [6.07, 6.45) is 1.91. The molecule has 0 bridgehead atoms. The average Bonchev–Trinajstić information content (AvgIpc) is 3.16. The zero-order chi connectivity index (χ0) is 22.8. The van der Waals surface area contributed by atoms with Crippen LogP contribution in [-0.2, 0) is 11.3 Å². The fraction of sp³-hybridized carbons (Fsp3) is 0.269. The van der Waals surface area contributed by atoms with E-state index in [9.17, 15) is 0 Å². The molecule has 1 aliphatic heterocycles. The monoisotopic (exact) mass is 503 g/mol. The highest BCUT2D eigenvalue weighted by molar-refractivity contribution is 9.10. The van der Waals surface area contributed by atoms with Gasteiger partial charge in [-0.3, -0.25) is 4.99 Å². The molecule has 1 saturated heterocycles. The summed E-state index contributed by atoms with van der Waals surface area (Å²) in [6, 6.07) is 18.8. The van der Waals surface area contributed by atoms with Crippen LogP contribution < -0.4 is 4.90 Å². The molecule has 2 aromatic carbocycles. The van der Waals surface area contributed by atoms with Crippen LogP contribution in [0.15, 0.2) is 64.1 Å². The molecule has 2 aromatic heterocycles. The zero-order valence-electron chi connectivity index (χ0n) is 18.8. The van der Waals surface area contributed by atoms with Crippen molar-refractivity contribution in [3.05, 3.63) is 81.5 Å². The zero-order valence-corrected chi connectivity index (χ0v) is 20.4. The van der Waals surface area contributed by atoms with Crippen LogP contribution in [0.25, 0.3) is 16.9 Å². The molecular weight excluding hydrogens is 478 g/mol. The third-order valence-electron chi connectivity index (χ3n) is 5.76. The van der Waals surface area contributed by atoms with Crippen LogP contribution in [0.1, 0.15) is 22.4 Å². The number of rotatable bonds is 5. The molecule has 0 saturated carbocycles. The van der Waals surface area contributed by atoms with Gasteiger partial charge in [0.1, 0.15) is 11.5 Å². The van der Waals surface area contributed by atoms with Gasteiger partial charge in [-0.25, -0.2) is 4.98 Å². The van der Waals surface area contributed by atoms with Crippen molar-refractivity contribution < 1.29 is 4.74 Å². The first-order valence-corrected chi connectivity index (χ1v) is 11.9. The minimum atomic E-state index is 0.499. The Morgan fingerprint density at radius 2 is 1.82 bits per heavy atom. The highest BCUT2D eigenvalue weighted by atomic mass is 79.9. The maximum atomic E-state index is 5.58. The summed E-state index contributed by atoms with van der Waals surface area (Å²) in [4.78, 5) is 11.9. The standard InChI is InChI=1S/C26H26BrN5O/c1-18-6-8-21(9-7-18)25-24(27)26-29-22(17-28-16-20-5-3-4-19(2)14-20)15-23(32(26)30-25)31-10-12-33-13-11-31/h3-9,14-16H,10-13,17H2,1-2H3. The predicted molar refractivity (Wildman–Crippen MR) is 136 cm³/mol. The van der Waals surface area contributed by atoms with E-state index >= 15 is 0 Å². The number of ether oxygens (including phenoxy) is 1. The molecule has 0 spiro atoms. The highest BCUT2D eigenvalue weighted by Gasteiger charge is 2.21. The van der Waals surface area contributed by atoms with Crippen molar-refractivity contribution in [2.45, 2.75) is 20.4 Å². The Bertz CT molecular complexity index is 1310. The van der Waals surface area contributed by atoms with Crippen LogP contribution in [0.2, 0.25) is 0 Å². The Labute approximate surface area is 202 Å². The first-order valence-electron chi connectivity index (χ1n) is 11.1. The van der Waals surface area contributed by atoms with Gasteiger partial charge in [0.2, 0.25) is 0 Å². The van der Waals surface area contributed by atoms with Crippen LogP contribution in [-0.4, -0.2) is 47.1 Å². The Morgan fingerprint density at radius 3 is 2.58 bits per heavy atom. The molecule has 1 fully saturated rings. The summed E-state index contributed by atoms with van der Waals surface area (Å²) >= 11 is 3.78. The van der Waals surface area contributed by atoms with Crippen molar-refractivity contribution in [2.24, 2.45) is 4.99 Å². The molecule has 7 heteroatoms. The van der Waals surface area contributed by atoms with Gasteiger partial charge in [-0.1, -0.05) is 59.7 Å². The van der Waals surface area contributed by atoms with E-state index in [4.69, 9.17) is 14.8 Å². The van der Waals surface area contributed by atoms with Gasteiger partial charge in [0.05, 0.1) is 29.9 Å². The molecule has 0 N–H and O–H groups in total. The van der Waals surface area contributed by atoms with Crippen molar-refractivity contribution in [3.63, 3.8) is 0 Å². The van der Waals surface area contributed by atoms with Gasteiger partial charge in [-0.2, -0.15) is 9.61 Å². The maximum absolute atomic E-state index is 5.58. The summed E-state index contributed by atoms with van der Waals surface area (Å²) in [7, 11) is 0. The van der Waals surface area contributed by atoms with Crippen LogP contribution in [0.3, 0.4) is 0 Å². The topological polar surface area (TPSA) is 55.0 Å². The van der Waals surface area contributed by atoms with Crippen LogP contribution in [0.4, 0.5) is 5.82 Å². The van der Waals surface area contributed by atoms with Gasteiger partial charge in [-0.15, -0.1) is 0 Å². The minimum absolute atomic E-state index is 0.499. The van der Waals surface area contributed by atoms with Crippen molar-refractivity contribution in [1.29, 1.82) is 0 Å². The highest BCUT2D eigenvalue weighted by Crippen LogP contribution is 2.33. The van der Waals surface area contributed by atoms with Crippen LogP contribution >= 0.6 is 15.9 Å². The quantitative estimate of drug-likeness (QED) is 0.350. The van der Waals surface area contributed by atoms with E-state index in [2.05, 4.69) is 88.2 Å². The lowest BCUT2D eigenvalue weighted by atomic mass is 10.1. The van der Waals surface area contributed by atoms with E-state index in [1.54, 1.807) is 0 Å². The minimum Gasteiger partial charge on any atom is -0.378 e. The second-order valence-electron chi connectivity index (χ2n) is 8.35. The Kier molecular flexibility index (Phi) is 6.24. The third kappa shape index (κ3) is 4.70. The molecule has 4 aromatic rings. The molecule has 3 heterocycles. The SMILES string of the molecule is Cc1ccc(-c2nn3c(N4CCOCC4)cc(CN=Cc4cccc(C)c4)nc3c2Br)cc1. The number of aliphatic imine (C=N–C) groups is 1. The third-order valence-corrected chi connectivity index (χ3v) is 6.49. The van der Waals surface area contributed by atoms with E-state index < -0.39 is 0 Å². The number of hydrogen-bond acceptors (Lipinski definition) is 5. The van der Waals surface area contributed by atoms with E-state index in [1.807, 2.05) is 16.8 Å². The summed E-state index contributed by atoms with van der Waals surface area (Å²) in [6.45, 7) is 7.73. The maximum Gasteiger partial charge on any atom is 0.172 e. The Morgan fingerprint density at radius 1 is 1.03 bits per heavy atom. The second-order valence-corrected chi connectivity index (χ2v) is 9.15. The number of aromatic nitrogens is 3. The number of benzene rings is 2. The fourth-order valence-electron chi connectivity index (χ4n) is 4.01. The van der Waals surface area contributed by atoms with Gasteiger partial charge < -0.3 is 9.64 Å². The van der Waals surface area contributed by atoms with Crippen molar-refractivity contribution in [1.82, 2.24) is 14.6 Å². The first-order chi connectivity index (χ1) is 16.1. The second kappa shape index (κ2) is 9.45. The smallest absolute Gasteiger partial charge is 0.172 e. The van der Waals surface area contributed by atoms with Crippen LogP contribution in [0.5, 0.6) is 0 Å². The molecule has 1 aliphatic rings. The molecular formula is C26H26BrN5O. The van der Waals surface area contributed by atoms with Crippen molar-refractivity contribution in [3.8, 4) is 11.3 Å². The average molecular weight is 504 g/mol. The fourth-order valence-corrected chi connectivity index (χ4v) is 4.58. The largest absolute Gasteiger partial charge is 0.378 e. The summed E-state index contributed by atoms with van der Waals surface area (Å²) < 4.78 is 8.41. The summed E-state index contributed by atoms with van der Waals surface area (Å²) in [5, 5.41) is 4.95. The number of fused-ring (bicyclic) bond motifs is 1. The number of aryl methyl sites for hydroxylation is 2. The normalized spacial score (nSPS) is 14.5. The molecule has 168 valence electrons. The van der Waals surface area contributed by atoms with E-state index in [0.29, 0.717) is 19.8 Å². The van der Waals surface area contributed by atoms with E-state index in [-0.39, 0.29) is 0 Å². The van der Waals surface area contributed by atoms with Gasteiger partial charge >= 0.3 is 0 Å². The lowest BCUT2D eigenvalue weighted by molar-refractivity contribution is 0.122. The molecule has 0 unspecified atom stereocenters. The van der Waals surface area contributed by atoms with Gasteiger partial charge in [0.25, 0.3) is 0 Å². The number of anilines is 1. The van der Waals surface area contributed by atoms with E-state index in [1.165, 1.54) is 11.1 Å². The van der Waals surface area contributed by atoms with Gasteiger partial charge in [0.15, 0.2) is 5.65 Å². The molecule has 0 radical (unpaired) electrons. The number of hydrogen-bond donors (Lipinski definition) is 0. The van der Waals surface area contributed by atoms with Gasteiger partial charge in [-0.05, 0) is 35.3 Å². The Hall–Kier alpha value is -3.03. The number of nitrogens with zero attached hydrogens (tertiary/aromatic N) is 5. The Balaban J connectivity index is 1.55.